The number of aryl methyl sites for hydroxylation is 1. The van der Waals surface area contributed by atoms with Crippen LogP contribution in [0.3, 0.4) is 0 Å². The molecule has 0 saturated heterocycles. The highest BCUT2D eigenvalue weighted by molar-refractivity contribution is 14.1. The van der Waals surface area contributed by atoms with Gasteiger partial charge >= 0.3 is 0 Å². The number of nitrogens with zero attached hydrogens (tertiary/aromatic N) is 3. The van der Waals surface area contributed by atoms with E-state index < -0.39 is 10.7 Å². The molecule has 0 fully saturated rings. The van der Waals surface area contributed by atoms with Crippen LogP contribution in [0.15, 0.2) is 24.7 Å². The van der Waals surface area contributed by atoms with Gasteiger partial charge in [0.15, 0.2) is 11.6 Å². The second-order valence-electron chi connectivity index (χ2n) is 3.60. The Morgan fingerprint density at radius 3 is 2.84 bits per heavy atom. The van der Waals surface area contributed by atoms with Crippen LogP contribution in [0.4, 0.5) is 10.1 Å². The Bertz CT molecular complexity index is 651. The van der Waals surface area contributed by atoms with Gasteiger partial charge in [0.2, 0.25) is 5.88 Å². The van der Waals surface area contributed by atoms with Crippen LogP contribution in [-0.4, -0.2) is 14.9 Å². The average Bonchev–Trinajstić information content (AvgIpc) is 2.35. The molecule has 0 radical (unpaired) electrons. The van der Waals surface area contributed by atoms with E-state index in [1.165, 1.54) is 25.5 Å². The van der Waals surface area contributed by atoms with Crippen LogP contribution in [-0.2, 0) is 0 Å². The number of ether oxygens (including phenoxy) is 1. The van der Waals surface area contributed by atoms with Gasteiger partial charge in [-0.05, 0) is 35.6 Å². The van der Waals surface area contributed by atoms with Gasteiger partial charge in [0.05, 0.1) is 14.6 Å². The molecule has 0 spiro atoms. The second-order valence-corrected chi connectivity index (χ2v) is 4.77. The van der Waals surface area contributed by atoms with Crippen molar-refractivity contribution in [3.8, 4) is 11.6 Å². The van der Waals surface area contributed by atoms with Crippen molar-refractivity contribution in [3.63, 3.8) is 0 Å². The minimum Gasteiger partial charge on any atom is -0.435 e. The number of benzene rings is 1. The summed E-state index contributed by atoms with van der Waals surface area (Å²) in [5.41, 5.74) is 0.0210. The maximum absolute atomic E-state index is 13.7. The topological polar surface area (TPSA) is 78.2 Å². The number of hydrogen-bond donors (Lipinski definition) is 0. The maximum atomic E-state index is 13.7. The lowest BCUT2D eigenvalue weighted by Crippen LogP contribution is -1.98. The van der Waals surface area contributed by atoms with Gasteiger partial charge in [0.1, 0.15) is 6.33 Å². The third kappa shape index (κ3) is 2.95. The van der Waals surface area contributed by atoms with Crippen molar-refractivity contribution < 1.29 is 14.1 Å². The van der Waals surface area contributed by atoms with E-state index in [0.717, 1.165) is 6.07 Å². The third-order valence-corrected chi connectivity index (χ3v) is 3.03. The molecule has 0 unspecified atom stereocenters. The number of hydrogen-bond acceptors (Lipinski definition) is 5. The zero-order chi connectivity index (χ0) is 14.0. The summed E-state index contributed by atoms with van der Waals surface area (Å²) in [5, 5.41) is 10.7. The van der Waals surface area contributed by atoms with Crippen LogP contribution < -0.4 is 4.74 Å². The van der Waals surface area contributed by atoms with E-state index >= 15 is 0 Å². The van der Waals surface area contributed by atoms with Crippen LogP contribution in [0, 0.1) is 26.4 Å². The van der Waals surface area contributed by atoms with Crippen LogP contribution in [0.5, 0.6) is 11.6 Å². The summed E-state index contributed by atoms with van der Waals surface area (Å²) in [4.78, 5) is 17.7. The van der Waals surface area contributed by atoms with Crippen molar-refractivity contribution in [3.05, 3.63) is 49.7 Å². The average molecular weight is 375 g/mol. The molecule has 19 heavy (non-hydrogen) atoms. The summed E-state index contributed by atoms with van der Waals surface area (Å²) >= 11 is 1.94. The lowest BCUT2D eigenvalue weighted by atomic mass is 10.2. The highest BCUT2D eigenvalue weighted by atomic mass is 127. The second kappa shape index (κ2) is 5.43. The third-order valence-electron chi connectivity index (χ3n) is 2.29. The molecule has 1 aromatic carbocycles. The Labute approximate surface area is 120 Å². The Balaban J connectivity index is 2.39. The fourth-order valence-electron chi connectivity index (χ4n) is 1.40. The van der Waals surface area contributed by atoms with E-state index in [0.29, 0.717) is 9.13 Å². The monoisotopic (exact) mass is 375 g/mol. The fourth-order valence-corrected chi connectivity index (χ4v) is 1.81. The number of nitro benzene ring substituents is 1. The van der Waals surface area contributed by atoms with Crippen LogP contribution in [0.25, 0.3) is 0 Å². The molecule has 0 atom stereocenters. The maximum Gasteiger partial charge on any atom is 0.275 e. The molecule has 0 amide bonds. The van der Waals surface area contributed by atoms with Gasteiger partial charge in [0.25, 0.3) is 5.69 Å². The molecule has 0 saturated carbocycles. The van der Waals surface area contributed by atoms with Crippen molar-refractivity contribution in [2.75, 3.05) is 0 Å². The van der Waals surface area contributed by atoms with Gasteiger partial charge in [-0.25, -0.2) is 14.4 Å². The standard InChI is InChI=1S/C11H7FIN3O3/c1-6-2-10(7(12)3-9(6)16(17)18)19-11-8(13)4-14-5-15-11/h2-5H,1H3. The summed E-state index contributed by atoms with van der Waals surface area (Å²) < 4.78 is 19.6. The predicted molar refractivity (Wildman–Crippen MR) is 72.6 cm³/mol. The Morgan fingerprint density at radius 2 is 2.21 bits per heavy atom. The lowest BCUT2D eigenvalue weighted by molar-refractivity contribution is -0.385. The summed E-state index contributed by atoms with van der Waals surface area (Å²) in [6, 6.07) is 2.10. The predicted octanol–water partition coefficient (Wildman–Crippen LogP) is 3.23. The highest BCUT2D eigenvalue weighted by Crippen LogP contribution is 2.31. The summed E-state index contributed by atoms with van der Waals surface area (Å²) in [6.45, 7) is 1.51. The Morgan fingerprint density at radius 1 is 1.47 bits per heavy atom. The minimum atomic E-state index is -0.813. The van der Waals surface area contributed by atoms with Crippen molar-refractivity contribution in [2.45, 2.75) is 6.92 Å². The van der Waals surface area contributed by atoms with E-state index in [4.69, 9.17) is 4.74 Å². The molecule has 0 aliphatic rings. The molecule has 0 aliphatic carbocycles. The first-order chi connectivity index (χ1) is 8.99. The molecular formula is C11H7FIN3O3. The molecule has 8 heteroatoms. The molecule has 6 nitrogen and oxygen atoms in total. The number of nitro groups is 1. The van der Waals surface area contributed by atoms with Crippen molar-refractivity contribution in [1.29, 1.82) is 0 Å². The molecule has 1 heterocycles. The first-order valence-electron chi connectivity index (χ1n) is 5.07. The van der Waals surface area contributed by atoms with E-state index in [2.05, 4.69) is 9.97 Å². The summed E-state index contributed by atoms with van der Waals surface area (Å²) in [6.07, 6.45) is 2.78. The summed E-state index contributed by atoms with van der Waals surface area (Å²) in [5.74, 6) is -0.728. The number of rotatable bonds is 3. The molecule has 0 bridgehead atoms. The van der Waals surface area contributed by atoms with E-state index in [1.807, 2.05) is 22.6 Å². The number of halogens is 2. The molecule has 2 aromatic rings. The minimum absolute atomic E-state index is 0.111. The van der Waals surface area contributed by atoms with Gasteiger partial charge < -0.3 is 4.74 Å². The molecule has 98 valence electrons. The Hall–Kier alpha value is -1.84. The molecule has 2 rings (SSSR count). The van der Waals surface area contributed by atoms with E-state index in [-0.39, 0.29) is 17.3 Å². The van der Waals surface area contributed by atoms with Gasteiger partial charge in [-0.2, -0.15) is 0 Å². The molecule has 0 N–H and O–H groups in total. The SMILES string of the molecule is Cc1cc(Oc2ncncc2I)c(F)cc1[N+](=O)[O-]. The van der Waals surface area contributed by atoms with Gasteiger partial charge in [0, 0.05) is 11.8 Å². The van der Waals surface area contributed by atoms with Crippen LogP contribution in [0.1, 0.15) is 5.56 Å². The molecule has 1 aromatic heterocycles. The van der Waals surface area contributed by atoms with Gasteiger partial charge in [-0.15, -0.1) is 0 Å². The van der Waals surface area contributed by atoms with Gasteiger partial charge in [-0.3, -0.25) is 10.1 Å². The van der Waals surface area contributed by atoms with Gasteiger partial charge in [-0.1, -0.05) is 0 Å². The normalized spacial score (nSPS) is 10.3. The first kappa shape index (κ1) is 13.6. The molecule has 0 aliphatic heterocycles. The summed E-state index contributed by atoms with van der Waals surface area (Å²) in [7, 11) is 0. The zero-order valence-corrected chi connectivity index (χ0v) is 11.8. The van der Waals surface area contributed by atoms with E-state index in [9.17, 15) is 14.5 Å². The van der Waals surface area contributed by atoms with E-state index in [1.54, 1.807) is 0 Å². The zero-order valence-electron chi connectivity index (χ0n) is 9.63. The van der Waals surface area contributed by atoms with Crippen molar-refractivity contribution >= 4 is 28.3 Å². The highest BCUT2D eigenvalue weighted by Gasteiger charge is 2.17. The first-order valence-corrected chi connectivity index (χ1v) is 6.15. The quantitative estimate of drug-likeness (QED) is 0.468. The largest absolute Gasteiger partial charge is 0.435 e. The number of aromatic nitrogens is 2. The molecular weight excluding hydrogens is 368 g/mol. The van der Waals surface area contributed by atoms with Crippen LogP contribution in [0.2, 0.25) is 0 Å². The van der Waals surface area contributed by atoms with Crippen molar-refractivity contribution in [2.24, 2.45) is 0 Å². The van der Waals surface area contributed by atoms with Crippen LogP contribution >= 0.6 is 22.6 Å². The Kier molecular flexibility index (Phi) is 3.88. The van der Waals surface area contributed by atoms with Crippen molar-refractivity contribution in [1.82, 2.24) is 9.97 Å². The fraction of sp³-hybridized carbons (Fsp3) is 0.0909. The smallest absolute Gasteiger partial charge is 0.275 e. The lowest BCUT2D eigenvalue weighted by Gasteiger charge is -2.08.